The number of fused-ring (bicyclic) bond motifs is 1. The molecule has 3 rings (SSSR count). The Morgan fingerprint density at radius 2 is 2.09 bits per heavy atom. The van der Waals surface area contributed by atoms with Gasteiger partial charge < -0.3 is 14.8 Å². The molecule has 1 aliphatic rings. The second-order valence-corrected chi connectivity index (χ2v) is 7.03. The predicted octanol–water partition coefficient (Wildman–Crippen LogP) is 2.62. The molecule has 1 saturated heterocycles. The Bertz CT molecular complexity index is 659. The van der Waals surface area contributed by atoms with Crippen LogP contribution in [0.1, 0.15) is 19.7 Å². The molecular formula is C15H20N4O2S. The average Bonchev–Trinajstić information content (AvgIpc) is 2.96. The van der Waals surface area contributed by atoms with E-state index in [1.165, 1.54) is 0 Å². The number of anilines is 1. The van der Waals surface area contributed by atoms with Gasteiger partial charge in [0.2, 0.25) is 0 Å². The number of nitrogens with zero attached hydrogens (tertiary/aromatic N) is 3. The van der Waals surface area contributed by atoms with Gasteiger partial charge in [-0.05, 0) is 13.0 Å². The summed E-state index contributed by atoms with van der Waals surface area (Å²) in [5.41, 5.74) is 1.63. The van der Waals surface area contributed by atoms with E-state index in [1.807, 2.05) is 13.1 Å². The first-order valence-corrected chi connectivity index (χ1v) is 8.28. The first-order valence-electron chi connectivity index (χ1n) is 7.40. The molecule has 0 spiro atoms. The maximum Gasteiger partial charge on any atom is 0.174 e. The van der Waals surface area contributed by atoms with Crippen LogP contribution in [0.15, 0.2) is 17.2 Å². The van der Waals surface area contributed by atoms with E-state index in [-0.39, 0.29) is 6.29 Å². The monoisotopic (exact) mass is 320 g/mol. The number of rotatable bonds is 5. The molecule has 0 radical (unpaired) electrons. The Labute approximate surface area is 134 Å². The van der Waals surface area contributed by atoms with E-state index in [0.29, 0.717) is 25.0 Å². The molecule has 2 aromatic heterocycles. The van der Waals surface area contributed by atoms with Crippen molar-refractivity contribution in [1.82, 2.24) is 15.0 Å². The van der Waals surface area contributed by atoms with Crippen LogP contribution in [0.4, 0.5) is 5.82 Å². The van der Waals surface area contributed by atoms with Crippen molar-refractivity contribution in [3.05, 3.63) is 18.1 Å². The van der Waals surface area contributed by atoms with Crippen LogP contribution in [0.3, 0.4) is 0 Å². The van der Waals surface area contributed by atoms with Gasteiger partial charge in [0.05, 0.1) is 25.3 Å². The minimum Gasteiger partial charge on any atom is -0.363 e. The summed E-state index contributed by atoms with van der Waals surface area (Å²) in [7, 11) is 0. The van der Waals surface area contributed by atoms with Crippen LogP contribution in [0, 0.1) is 6.92 Å². The molecule has 6 nitrogen and oxygen atoms in total. The first kappa shape index (κ1) is 15.5. The van der Waals surface area contributed by atoms with Gasteiger partial charge in [-0.15, -0.1) is 11.8 Å². The molecule has 0 saturated carbocycles. The third-order valence-corrected chi connectivity index (χ3v) is 4.09. The highest BCUT2D eigenvalue weighted by atomic mass is 32.2. The minimum atomic E-state index is -0.221. The number of aryl methyl sites for hydroxylation is 1. The lowest BCUT2D eigenvalue weighted by molar-refractivity contribution is -0.0299. The molecule has 1 fully saturated rings. The number of nitrogens with one attached hydrogen (secondary N) is 1. The SMILES string of the molecule is Cc1nc(NCC2OCCO2)c2ncc(SC(C)C)cc2n1. The zero-order valence-electron chi connectivity index (χ0n) is 13.0. The van der Waals surface area contributed by atoms with Gasteiger partial charge in [-0.2, -0.15) is 0 Å². The standard InChI is InChI=1S/C15H20N4O2S/c1-9(2)22-11-6-12-14(16-7-11)15(19-10(3)18-12)17-8-13-20-4-5-21-13/h6-7,9,13H,4-5,8H2,1-3H3,(H,17,18,19). The molecule has 0 aromatic carbocycles. The summed E-state index contributed by atoms with van der Waals surface area (Å²) < 4.78 is 10.9. The molecule has 7 heteroatoms. The van der Waals surface area contributed by atoms with Crippen molar-refractivity contribution in [2.24, 2.45) is 0 Å². The molecule has 118 valence electrons. The zero-order valence-corrected chi connectivity index (χ0v) is 13.8. The third kappa shape index (κ3) is 3.66. The maximum absolute atomic E-state index is 5.43. The molecule has 2 aromatic rings. The van der Waals surface area contributed by atoms with Gasteiger partial charge in [-0.25, -0.2) is 15.0 Å². The Balaban J connectivity index is 1.85. The third-order valence-electron chi connectivity index (χ3n) is 3.12. The van der Waals surface area contributed by atoms with Crippen LogP contribution >= 0.6 is 11.8 Å². The summed E-state index contributed by atoms with van der Waals surface area (Å²) in [5, 5.41) is 3.77. The second-order valence-electron chi connectivity index (χ2n) is 5.38. The summed E-state index contributed by atoms with van der Waals surface area (Å²) in [4.78, 5) is 14.6. The van der Waals surface area contributed by atoms with Crippen LogP contribution in [0.5, 0.6) is 0 Å². The molecule has 0 amide bonds. The number of pyridine rings is 1. The molecule has 1 aliphatic heterocycles. The molecule has 0 aliphatic carbocycles. The number of ether oxygens (including phenoxy) is 2. The Morgan fingerprint density at radius 3 is 2.82 bits per heavy atom. The average molecular weight is 320 g/mol. The van der Waals surface area contributed by atoms with Gasteiger partial charge in [0.25, 0.3) is 0 Å². The van der Waals surface area contributed by atoms with Crippen molar-refractivity contribution in [3.8, 4) is 0 Å². The molecular weight excluding hydrogens is 300 g/mol. The van der Waals surface area contributed by atoms with Gasteiger partial charge >= 0.3 is 0 Å². The molecule has 0 atom stereocenters. The maximum atomic E-state index is 5.43. The topological polar surface area (TPSA) is 69.2 Å². The second kappa shape index (κ2) is 6.76. The highest BCUT2D eigenvalue weighted by Crippen LogP contribution is 2.26. The lowest BCUT2D eigenvalue weighted by Gasteiger charge is -2.13. The van der Waals surface area contributed by atoms with Gasteiger partial charge in [-0.3, -0.25) is 0 Å². The molecule has 0 unspecified atom stereocenters. The number of hydrogen-bond acceptors (Lipinski definition) is 7. The lowest BCUT2D eigenvalue weighted by Crippen LogP contribution is -2.21. The summed E-state index contributed by atoms with van der Waals surface area (Å²) in [6.45, 7) is 8.04. The van der Waals surface area contributed by atoms with E-state index in [4.69, 9.17) is 9.47 Å². The normalized spacial score (nSPS) is 15.8. The highest BCUT2D eigenvalue weighted by Gasteiger charge is 2.17. The van der Waals surface area contributed by atoms with E-state index in [1.54, 1.807) is 11.8 Å². The van der Waals surface area contributed by atoms with Gasteiger partial charge in [0.1, 0.15) is 11.3 Å². The van der Waals surface area contributed by atoms with Gasteiger partial charge in [0.15, 0.2) is 12.1 Å². The number of aromatic nitrogens is 3. The lowest BCUT2D eigenvalue weighted by atomic mass is 10.3. The smallest absolute Gasteiger partial charge is 0.174 e. The van der Waals surface area contributed by atoms with E-state index in [2.05, 4.69) is 40.2 Å². The Morgan fingerprint density at radius 1 is 1.32 bits per heavy atom. The summed E-state index contributed by atoms with van der Waals surface area (Å²) >= 11 is 1.78. The Hall–Kier alpha value is -1.44. The van der Waals surface area contributed by atoms with E-state index in [0.717, 1.165) is 27.6 Å². The summed E-state index contributed by atoms with van der Waals surface area (Å²) in [5.74, 6) is 1.44. The summed E-state index contributed by atoms with van der Waals surface area (Å²) in [6.07, 6.45) is 1.65. The van der Waals surface area contributed by atoms with Crippen LogP contribution in [-0.2, 0) is 9.47 Å². The summed E-state index contributed by atoms with van der Waals surface area (Å²) in [6, 6.07) is 2.06. The van der Waals surface area contributed by atoms with Crippen molar-refractivity contribution in [3.63, 3.8) is 0 Å². The fourth-order valence-corrected chi connectivity index (χ4v) is 3.12. The van der Waals surface area contributed by atoms with Crippen LogP contribution in [0.25, 0.3) is 11.0 Å². The minimum absolute atomic E-state index is 0.221. The molecule has 0 bridgehead atoms. The van der Waals surface area contributed by atoms with E-state index in [9.17, 15) is 0 Å². The fourth-order valence-electron chi connectivity index (χ4n) is 2.28. The van der Waals surface area contributed by atoms with Crippen LogP contribution < -0.4 is 5.32 Å². The largest absolute Gasteiger partial charge is 0.363 e. The van der Waals surface area contributed by atoms with Gasteiger partial charge in [-0.1, -0.05) is 13.8 Å². The van der Waals surface area contributed by atoms with Crippen molar-refractivity contribution >= 4 is 28.6 Å². The number of hydrogen-bond donors (Lipinski definition) is 1. The molecule has 1 N–H and O–H groups in total. The first-order chi connectivity index (χ1) is 10.6. The Kier molecular flexibility index (Phi) is 4.75. The van der Waals surface area contributed by atoms with Crippen molar-refractivity contribution < 1.29 is 9.47 Å². The predicted molar refractivity (Wildman–Crippen MR) is 87.2 cm³/mol. The highest BCUT2D eigenvalue weighted by molar-refractivity contribution is 7.99. The van der Waals surface area contributed by atoms with E-state index >= 15 is 0 Å². The van der Waals surface area contributed by atoms with E-state index < -0.39 is 0 Å². The van der Waals surface area contributed by atoms with Crippen molar-refractivity contribution in [1.29, 1.82) is 0 Å². The fraction of sp³-hybridized carbons (Fsp3) is 0.533. The molecule has 22 heavy (non-hydrogen) atoms. The quantitative estimate of drug-likeness (QED) is 0.849. The van der Waals surface area contributed by atoms with Crippen LogP contribution in [0.2, 0.25) is 0 Å². The van der Waals surface area contributed by atoms with Gasteiger partial charge in [0, 0.05) is 16.3 Å². The van der Waals surface area contributed by atoms with Crippen molar-refractivity contribution in [2.45, 2.75) is 37.2 Å². The van der Waals surface area contributed by atoms with Crippen molar-refractivity contribution in [2.75, 3.05) is 25.1 Å². The number of thioether (sulfide) groups is 1. The molecule has 3 heterocycles. The van der Waals surface area contributed by atoms with Crippen LogP contribution in [-0.4, -0.2) is 46.3 Å². The zero-order chi connectivity index (χ0) is 15.5.